The number of hydrogen-bond donors (Lipinski definition) is 0. The Morgan fingerprint density at radius 3 is 1.67 bits per heavy atom. The van der Waals surface area contributed by atoms with Gasteiger partial charge in [-0.25, -0.2) is 0 Å². The normalized spacial score (nSPS) is 9.48. The molecule has 0 fully saturated rings. The fourth-order valence-electron chi connectivity index (χ4n) is 1.41. The van der Waals surface area contributed by atoms with Gasteiger partial charge >= 0.3 is 0 Å². The lowest BCUT2D eigenvalue weighted by atomic mass is 9.99. The first-order valence-corrected chi connectivity index (χ1v) is 8.21. The number of allylic oxidation sites excluding steroid dienone is 5. The third-order valence-electron chi connectivity index (χ3n) is 2.28. The van der Waals surface area contributed by atoms with Gasteiger partial charge in [-0.1, -0.05) is 102 Å². The monoisotopic (exact) mass is 288 g/mol. The predicted octanol–water partition coefficient (Wildman–Crippen LogP) is 7.61. The number of aryl methyl sites for hydroxylation is 1. The molecule has 0 unspecified atom stereocenters. The molecule has 0 aliphatic heterocycles. The van der Waals surface area contributed by atoms with E-state index >= 15 is 0 Å². The second-order valence-electron chi connectivity index (χ2n) is 3.75. The fourth-order valence-corrected chi connectivity index (χ4v) is 1.41. The van der Waals surface area contributed by atoms with Gasteiger partial charge in [-0.3, -0.25) is 0 Å². The summed E-state index contributed by atoms with van der Waals surface area (Å²) in [6.45, 7) is 22.2. The van der Waals surface area contributed by atoms with Gasteiger partial charge in [0.2, 0.25) is 0 Å². The molecule has 0 nitrogen and oxygen atoms in total. The molecule has 0 N–H and O–H groups in total. The molecular weight excluding hydrogens is 252 g/mol. The summed E-state index contributed by atoms with van der Waals surface area (Å²) < 4.78 is 0. The van der Waals surface area contributed by atoms with E-state index < -0.39 is 0 Å². The van der Waals surface area contributed by atoms with Crippen molar-refractivity contribution in [2.45, 2.75) is 62.3 Å². The summed E-state index contributed by atoms with van der Waals surface area (Å²) in [5.74, 6) is 0. The van der Waals surface area contributed by atoms with Gasteiger partial charge in [0.15, 0.2) is 0 Å². The molecule has 0 spiro atoms. The lowest BCUT2D eigenvalue weighted by molar-refractivity contribution is 1.44. The molecule has 1 aromatic carbocycles. The van der Waals surface area contributed by atoms with E-state index in [2.05, 4.69) is 43.8 Å². The van der Waals surface area contributed by atoms with Crippen LogP contribution in [0.4, 0.5) is 0 Å². The molecular formula is C21H36. The van der Waals surface area contributed by atoms with Gasteiger partial charge in [0.1, 0.15) is 0 Å². The summed E-state index contributed by atoms with van der Waals surface area (Å²) >= 11 is 0. The first kappa shape index (κ1) is 24.5. The van der Waals surface area contributed by atoms with Crippen LogP contribution < -0.4 is 0 Å². The highest BCUT2D eigenvalue weighted by atomic mass is 14.0. The highest BCUT2D eigenvalue weighted by Gasteiger charge is 2.00. The van der Waals surface area contributed by atoms with Crippen LogP contribution >= 0.6 is 0 Å². The van der Waals surface area contributed by atoms with Gasteiger partial charge in [-0.2, -0.15) is 0 Å². The Balaban J connectivity index is -0.000000478. The van der Waals surface area contributed by atoms with Gasteiger partial charge in [0, 0.05) is 0 Å². The van der Waals surface area contributed by atoms with Crippen molar-refractivity contribution >= 4 is 5.57 Å². The average molecular weight is 289 g/mol. The minimum absolute atomic E-state index is 1.09. The molecule has 0 aliphatic rings. The number of rotatable bonds is 3. The van der Waals surface area contributed by atoms with Crippen LogP contribution in [0.2, 0.25) is 0 Å². The Hall–Kier alpha value is -1.56. The zero-order chi connectivity index (χ0) is 17.3. The Kier molecular flexibility index (Phi) is 21.5. The van der Waals surface area contributed by atoms with E-state index in [9.17, 15) is 0 Å². The Bertz CT molecular complexity index is 389. The molecule has 120 valence electrons. The van der Waals surface area contributed by atoms with E-state index in [1.807, 2.05) is 67.5 Å². The topological polar surface area (TPSA) is 0 Å². The molecule has 0 heteroatoms. The summed E-state index contributed by atoms with van der Waals surface area (Å²) in [5, 5.41) is 0. The van der Waals surface area contributed by atoms with Crippen molar-refractivity contribution < 1.29 is 0 Å². The van der Waals surface area contributed by atoms with Gasteiger partial charge < -0.3 is 0 Å². The molecule has 0 heterocycles. The molecule has 0 radical (unpaired) electrons. The van der Waals surface area contributed by atoms with Crippen molar-refractivity contribution in [1.29, 1.82) is 0 Å². The zero-order valence-electron chi connectivity index (χ0n) is 15.7. The molecule has 0 amide bonds. The van der Waals surface area contributed by atoms with Crippen molar-refractivity contribution in [1.82, 2.24) is 0 Å². The summed E-state index contributed by atoms with van der Waals surface area (Å²) in [7, 11) is 0. The van der Waals surface area contributed by atoms with E-state index in [4.69, 9.17) is 0 Å². The standard InChI is InChI=1S/C15H18.3C2H6/c1-5-6-7-15(12(2)3)14-10-8-13(4)9-11-14;3*1-2/h5-11H,2H2,1,3-4H3;3*1-2H3/b6-5-,15-7+;;;. The quantitative estimate of drug-likeness (QED) is 0.502. The van der Waals surface area contributed by atoms with Crippen LogP contribution in [-0.4, -0.2) is 0 Å². The number of benzene rings is 1. The third-order valence-corrected chi connectivity index (χ3v) is 2.28. The van der Waals surface area contributed by atoms with Crippen molar-refractivity contribution in [3.63, 3.8) is 0 Å². The second-order valence-corrected chi connectivity index (χ2v) is 3.75. The zero-order valence-corrected chi connectivity index (χ0v) is 15.7. The van der Waals surface area contributed by atoms with Crippen LogP contribution in [0.1, 0.15) is 66.5 Å². The van der Waals surface area contributed by atoms with Crippen molar-refractivity contribution in [3.8, 4) is 0 Å². The fraction of sp³-hybridized carbons (Fsp3) is 0.429. The Labute approximate surface area is 134 Å². The van der Waals surface area contributed by atoms with Crippen LogP contribution in [0.3, 0.4) is 0 Å². The molecule has 1 rings (SSSR count). The van der Waals surface area contributed by atoms with Crippen LogP contribution in [0.25, 0.3) is 5.57 Å². The molecule has 0 aromatic heterocycles. The van der Waals surface area contributed by atoms with Crippen LogP contribution in [0.15, 0.2) is 54.6 Å². The Morgan fingerprint density at radius 2 is 1.33 bits per heavy atom. The highest BCUT2D eigenvalue weighted by Crippen LogP contribution is 2.21. The minimum atomic E-state index is 1.09. The van der Waals surface area contributed by atoms with Gasteiger partial charge in [-0.05, 0) is 31.9 Å². The van der Waals surface area contributed by atoms with Crippen molar-refractivity contribution in [2.24, 2.45) is 0 Å². The van der Waals surface area contributed by atoms with Crippen molar-refractivity contribution in [2.75, 3.05) is 0 Å². The lowest BCUT2D eigenvalue weighted by Crippen LogP contribution is -1.85. The second kappa shape index (κ2) is 18.4. The predicted molar refractivity (Wildman–Crippen MR) is 103 cm³/mol. The van der Waals surface area contributed by atoms with Crippen LogP contribution in [0.5, 0.6) is 0 Å². The van der Waals surface area contributed by atoms with E-state index in [1.54, 1.807) is 0 Å². The first-order valence-electron chi connectivity index (χ1n) is 8.21. The molecule has 21 heavy (non-hydrogen) atoms. The molecule has 0 bridgehead atoms. The van der Waals surface area contributed by atoms with Gasteiger partial charge in [-0.15, -0.1) is 0 Å². The first-order chi connectivity index (χ1) is 10.1. The maximum atomic E-state index is 4.01. The van der Waals surface area contributed by atoms with Crippen LogP contribution in [-0.2, 0) is 0 Å². The summed E-state index contributed by atoms with van der Waals surface area (Å²) in [4.78, 5) is 0. The summed E-state index contributed by atoms with van der Waals surface area (Å²) in [6, 6.07) is 8.53. The van der Waals surface area contributed by atoms with Crippen LogP contribution in [0, 0.1) is 6.92 Å². The van der Waals surface area contributed by atoms with Gasteiger partial charge in [0.25, 0.3) is 0 Å². The maximum absolute atomic E-state index is 4.01. The molecule has 1 aromatic rings. The number of hydrogen-bond acceptors (Lipinski definition) is 0. The Morgan fingerprint density at radius 1 is 0.905 bits per heavy atom. The smallest absolute Gasteiger partial charge is 0.0161 e. The van der Waals surface area contributed by atoms with Crippen molar-refractivity contribution in [3.05, 3.63) is 65.8 Å². The summed E-state index contributed by atoms with van der Waals surface area (Å²) in [6.07, 6.45) is 6.17. The van der Waals surface area contributed by atoms with E-state index in [0.717, 1.165) is 5.57 Å². The molecule has 0 aliphatic carbocycles. The SMILES string of the molecule is C=C(C)/C(=C\C=C/C)c1ccc(C)cc1.CC.CC.CC. The minimum Gasteiger partial charge on any atom is -0.0955 e. The summed E-state index contributed by atoms with van der Waals surface area (Å²) in [5.41, 5.74) is 4.81. The highest BCUT2D eigenvalue weighted by molar-refractivity contribution is 5.78. The maximum Gasteiger partial charge on any atom is -0.0161 e. The largest absolute Gasteiger partial charge is 0.0955 e. The molecule has 0 saturated heterocycles. The van der Waals surface area contributed by atoms with Gasteiger partial charge in [0.05, 0.1) is 0 Å². The average Bonchev–Trinajstić information content (AvgIpc) is 2.55. The van der Waals surface area contributed by atoms with E-state index in [1.165, 1.54) is 16.7 Å². The van der Waals surface area contributed by atoms with E-state index in [-0.39, 0.29) is 0 Å². The van der Waals surface area contributed by atoms with E-state index in [0.29, 0.717) is 0 Å². The molecule has 0 atom stereocenters. The third kappa shape index (κ3) is 11.9. The molecule has 0 saturated carbocycles. The lowest BCUT2D eigenvalue weighted by Gasteiger charge is -2.06.